The van der Waals surface area contributed by atoms with Crippen molar-refractivity contribution in [2.24, 2.45) is 12.5 Å². The summed E-state index contributed by atoms with van der Waals surface area (Å²) in [6, 6.07) is 0. The standard InChI is InChI=1S/C12H18N2O4S/c1-14-7-10(6-13-14)8-19(16,17)9-12(3-4-12)5-11(15)18-2/h6-7H,3-5,8-9H2,1-2H3. The number of carbonyl (C=O) groups excluding carboxylic acids is 1. The Morgan fingerprint density at radius 2 is 2.21 bits per heavy atom. The Morgan fingerprint density at radius 1 is 1.53 bits per heavy atom. The van der Waals surface area contributed by atoms with Crippen LogP contribution in [0.2, 0.25) is 0 Å². The molecule has 7 heteroatoms. The van der Waals surface area contributed by atoms with Crippen LogP contribution in [-0.4, -0.2) is 37.0 Å². The largest absolute Gasteiger partial charge is 0.469 e. The molecule has 0 spiro atoms. The zero-order chi connectivity index (χ0) is 14.1. The van der Waals surface area contributed by atoms with Gasteiger partial charge in [-0.15, -0.1) is 0 Å². The topological polar surface area (TPSA) is 78.3 Å². The highest BCUT2D eigenvalue weighted by Crippen LogP contribution is 2.50. The Bertz CT molecular complexity index is 572. The number of aromatic nitrogens is 2. The Hall–Kier alpha value is -1.37. The average molecular weight is 286 g/mol. The van der Waals surface area contributed by atoms with Crippen molar-refractivity contribution < 1.29 is 17.9 Å². The van der Waals surface area contributed by atoms with E-state index in [-0.39, 0.29) is 23.9 Å². The monoisotopic (exact) mass is 286 g/mol. The van der Waals surface area contributed by atoms with E-state index >= 15 is 0 Å². The first-order chi connectivity index (χ1) is 8.84. The molecule has 1 aliphatic carbocycles. The van der Waals surface area contributed by atoms with Gasteiger partial charge in [0.25, 0.3) is 0 Å². The van der Waals surface area contributed by atoms with E-state index in [2.05, 4.69) is 9.84 Å². The van der Waals surface area contributed by atoms with Crippen molar-refractivity contribution in [1.29, 1.82) is 0 Å². The lowest BCUT2D eigenvalue weighted by molar-refractivity contribution is -0.141. The van der Waals surface area contributed by atoms with Gasteiger partial charge in [0.1, 0.15) is 0 Å². The van der Waals surface area contributed by atoms with E-state index in [9.17, 15) is 13.2 Å². The molecule has 0 aromatic carbocycles. The summed E-state index contributed by atoms with van der Waals surface area (Å²) in [5.41, 5.74) is 0.282. The molecule has 19 heavy (non-hydrogen) atoms. The molecular weight excluding hydrogens is 268 g/mol. The number of hydrogen-bond acceptors (Lipinski definition) is 5. The maximum absolute atomic E-state index is 12.1. The minimum atomic E-state index is -3.23. The van der Waals surface area contributed by atoms with Crippen molar-refractivity contribution in [2.45, 2.75) is 25.0 Å². The van der Waals surface area contributed by atoms with Gasteiger partial charge in [0.2, 0.25) is 0 Å². The van der Waals surface area contributed by atoms with Crippen molar-refractivity contribution in [2.75, 3.05) is 12.9 Å². The van der Waals surface area contributed by atoms with Crippen LogP contribution in [0.1, 0.15) is 24.8 Å². The smallest absolute Gasteiger partial charge is 0.306 e. The van der Waals surface area contributed by atoms with Crippen molar-refractivity contribution in [3.05, 3.63) is 18.0 Å². The van der Waals surface area contributed by atoms with Crippen LogP contribution in [0.4, 0.5) is 0 Å². The zero-order valence-electron chi connectivity index (χ0n) is 11.1. The van der Waals surface area contributed by atoms with Crippen LogP contribution >= 0.6 is 0 Å². The van der Waals surface area contributed by atoms with E-state index in [0.717, 1.165) is 12.8 Å². The summed E-state index contributed by atoms with van der Waals surface area (Å²) in [5.74, 6) is -0.317. The number of rotatable bonds is 6. The van der Waals surface area contributed by atoms with Gasteiger partial charge in [-0.2, -0.15) is 5.10 Å². The van der Waals surface area contributed by atoms with E-state index < -0.39 is 15.3 Å². The molecule has 1 aromatic rings. The van der Waals surface area contributed by atoms with Crippen LogP contribution in [0, 0.1) is 5.41 Å². The minimum absolute atomic E-state index is 0.0240. The molecule has 0 saturated heterocycles. The average Bonchev–Trinajstić information content (AvgIpc) is 2.91. The van der Waals surface area contributed by atoms with Crippen molar-refractivity contribution in [1.82, 2.24) is 9.78 Å². The van der Waals surface area contributed by atoms with Gasteiger partial charge < -0.3 is 4.74 Å². The van der Waals surface area contributed by atoms with Gasteiger partial charge in [0.05, 0.1) is 31.2 Å². The second kappa shape index (κ2) is 4.96. The van der Waals surface area contributed by atoms with Gasteiger partial charge in [-0.3, -0.25) is 9.48 Å². The normalized spacial score (nSPS) is 17.2. The Kier molecular flexibility index (Phi) is 3.66. The summed E-state index contributed by atoms with van der Waals surface area (Å²) in [7, 11) is -0.164. The maximum atomic E-state index is 12.1. The van der Waals surface area contributed by atoms with E-state index in [1.165, 1.54) is 7.11 Å². The van der Waals surface area contributed by atoms with Crippen LogP contribution in [-0.2, 0) is 32.2 Å². The van der Waals surface area contributed by atoms with Crippen LogP contribution < -0.4 is 0 Å². The highest BCUT2D eigenvalue weighted by Gasteiger charge is 2.47. The molecule has 0 aliphatic heterocycles. The highest BCUT2D eigenvalue weighted by atomic mass is 32.2. The lowest BCUT2D eigenvalue weighted by Gasteiger charge is -2.13. The number of aryl methyl sites for hydroxylation is 1. The van der Waals surface area contributed by atoms with Crippen molar-refractivity contribution in [3.63, 3.8) is 0 Å². The second-order valence-corrected chi connectivity index (χ2v) is 7.37. The fourth-order valence-corrected chi connectivity index (χ4v) is 4.33. The number of carbonyl (C=O) groups is 1. The van der Waals surface area contributed by atoms with Crippen LogP contribution in [0.25, 0.3) is 0 Å². The molecular formula is C12H18N2O4S. The van der Waals surface area contributed by atoms with Crippen LogP contribution in [0.5, 0.6) is 0 Å². The van der Waals surface area contributed by atoms with Crippen molar-refractivity contribution >= 4 is 15.8 Å². The van der Waals surface area contributed by atoms with E-state index in [4.69, 9.17) is 0 Å². The Balaban J connectivity index is 1.99. The summed E-state index contributed by atoms with van der Waals surface area (Å²) in [5, 5.41) is 3.95. The predicted octanol–water partition coefficient (Wildman–Crippen LogP) is 0.678. The Morgan fingerprint density at radius 3 is 2.68 bits per heavy atom. The zero-order valence-corrected chi connectivity index (χ0v) is 11.9. The van der Waals surface area contributed by atoms with Gasteiger partial charge in [0.15, 0.2) is 9.84 Å². The number of hydrogen-bond donors (Lipinski definition) is 0. The maximum Gasteiger partial charge on any atom is 0.306 e. The van der Waals surface area contributed by atoms with Crippen molar-refractivity contribution in [3.8, 4) is 0 Å². The number of methoxy groups -OCH3 is 1. The van der Waals surface area contributed by atoms with Crippen LogP contribution in [0.15, 0.2) is 12.4 Å². The first-order valence-corrected chi connectivity index (χ1v) is 7.91. The lowest BCUT2D eigenvalue weighted by atomic mass is 10.1. The summed E-state index contributed by atoms with van der Waals surface area (Å²) in [6.07, 6.45) is 4.98. The highest BCUT2D eigenvalue weighted by molar-refractivity contribution is 7.90. The van der Waals surface area contributed by atoms with Gasteiger partial charge in [-0.1, -0.05) is 0 Å². The quantitative estimate of drug-likeness (QED) is 0.719. The number of sulfone groups is 1. The van der Waals surface area contributed by atoms with Gasteiger partial charge in [-0.25, -0.2) is 8.42 Å². The van der Waals surface area contributed by atoms with Crippen LogP contribution in [0.3, 0.4) is 0 Å². The molecule has 0 unspecified atom stereocenters. The molecule has 2 rings (SSSR count). The van der Waals surface area contributed by atoms with E-state index in [1.807, 2.05) is 0 Å². The van der Waals surface area contributed by atoms with Gasteiger partial charge in [-0.05, 0) is 18.3 Å². The summed E-state index contributed by atoms with van der Waals surface area (Å²) in [4.78, 5) is 11.3. The first kappa shape index (κ1) is 14.0. The molecule has 0 bridgehead atoms. The molecule has 1 aromatic heterocycles. The Labute approximate surface area is 112 Å². The fraction of sp³-hybridized carbons (Fsp3) is 0.667. The number of esters is 1. The SMILES string of the molecule is COC(=O)CC1(CS(=O)(=O)Cc2cnn(C)c2)CC1. The summed E-state index contributed by atoms with van der Waals surface area (Å²) in [6.45, 7) is 0. The summed E-state index contributed by atoms with van der Waals surface area (Å²) >= 11 is 0. The third-order valence-corrected chi connectivity index (χ3v) is 5.20. The molecule has 0 radical (unpaired) electrons. The van der Waals surface area contributed by atoms with Gasteiger partial charge >= 0.3 is 5.97 Å². The molecule has 0 N–H and O–H groups in total. The second-order valence-electron chi connectivity index (χ2n) is 5.31. The lowest BCUT2D eigenvalue weighted by Crippen LogP contribution is -2.22. The molecule has 106 valence electrons. The summed E-state index contributed by atoms with van der Waals surface area (Å²) < 4.78 is 30.5. The van der Waals surface area contributed by atoms with E-state index in [1.54, 1.807) is 24.1 Å². The molecule has 0 atom stereocenters. The van der Waals surface area contributed by atoms with Gasteiger partial charge in [0, 0.05) is 18.8 Å². The fourth-order valence-electron chi connectivity index (χ4n) is 2.25. The molecule has 1 saturated carbocycles. The van der Waals surface area contributed by atoms with E-state index in [0.29, 0.717) is 5.56 Å². The molecule has 6 nitrogen and oxygen atoms in total. The third-order valence-electron chi connectivity index (χ3n) is 3.38. The molecule has 1 aliphatic rings. The molecule has 1 heterocycles. The predicted molar refractivity (Wildman–Crippen MR) is 69.0 cm³/mol. The number of ether oxygens (including phenoxy) is 1. The molecule has 0 amide bonds. The molecule has 1 fully saturated rings. The number of nitrogens with zero attached hydrogens (tertiary/aromatic N) is 2. The first-order valence-electron chi connectivity index (χ1n) is 6.09. The third kappa shape index (κ3) is 3.79. The minimum Gasteiger partial charge on any atom is -0.469 e.